The van der Waals surface area contributed by atoms with Crippen molar-refractivity contribution in [2.24, 2.45) is 0 Å². The quantitative estimate of drug-likeness (QED) is 0.753. The van der Waals surface area contributed by atoms with Crippen LogP contribution in [0.4, 0.5) is 0 Å². The SMILES string of the molecule is CC(NC(=O)C(=O)NCC(=O)N1CCOC(c2ccccc2)C1)c1ccccc1. The van der Waals surface area contributed by atoms with E-state index in [-0.39, 0.29) is 24.6 Å². The van der Waals surface area contributed by atoms with Crippen molar-refractivity contribution in [3.05, 3.63) is 71.8 Å². The summed E-state index contributed by atoms with van der Waals surface area (Å²) in [6, 6.07) is 18.7. The molecule has 152 valence electrons. The summed E-state index contributed by atoms with van der Waals surface area (Å²) in [6.45, 7) is 2.86. The molecule has 7 heteroatoms. The molecule has 1 aliphatic rings. The van der Waals surface area contributed by atoms with Crippen molar-refractivity contribution >= 4 is 17.7 Å². The van der Waals surface area contributed by atoms with Gasteiger partial charge in [0.25, 0.3) is 0 Å². The largest absolute Gasteiger partial charge is 0.370 e. The van der Waals surface area contributed by atoms with E-state index >= 15 is 0 Å². The van der Waals surface area contributed by atoms with Crippen LogP contribution in [0.1, 0.15) is 30.2 Å². The van der Waals surface area contributed by atoms with E-state index in [1.54, 1.807) is 11.8 Å². The number of nitrogens with one attached hydrogen (secondary N) is 2. The summed E-state index contributed by atoms with van der Waals surface area (Å²) in [7, 11) is 0. The fourth-order valence-electron chi connectivity index (χ4n) is 3.18. The van der Waals surface area contributed by atoms with Gasteiger partial charge >= 0.3 is 11.8 Å². The Morgan fingerprint density at radius 3 is 2.38 bits per heavy atom. The second-order valence-corrected chi connectivity index (χ2v) is 6.90. The molecule has 1 heterocycles. The van der Waals surface area contributed by atoms with Gasteiger partial charge in [0, 0.05) is 6.54 Å². The molecule has 0 spiro atoms. The fraction of sp³-hybridized carbons (Fsp3) is 0.318. The van der Waals surface area contributed by atoms with Crippen LogP contribution < -0.4 is 10.6 Å². The molecule has 2 atom stereocenters. The number of rotatable bonds is 5. The average Bonchev–Trinajstić information content (AvgIpc) is 2.78. The van der Waals surface area contributed by atoms with Crippen LogP contribution in [0, 0.1) is 0 Å². The molecular formula is C22H25N3O4. The highest BCUT2D eigenvalue weighted by Gasteiger charge is 2.26. The number of benzene rings is 2. The molecule has 29 heavy (non-hydrogen) atoms. The molecule has 0 aromatic heterocycles. The van der Waals surface area contributed by atoms with E-state index in [9.17, 15) is 14.4 Å². The summed E-state index contributed by atoms with van der Waals surface area (Å²) in [5.74, 6) is -1.83. The average molecular weight is 395 g/mol. The molecule has 2 aromatic carbocycles. The lowest BCUT2D eigenvalue weighted by Gasteiger charge is -2.33. The van der Waals surface area contributed by atoms with Crippen LogP contribution in [-0.2, 0) is 19.1 Å². The van der Waals surface area contributed by atoms with Crippen molar-refractivity contribution in [2.45, 2.75) is 19.1 Å². The van der Waals surface area contributed by atoms with Crippen molar-refractivity contribution in [1.29, 1.82) is 0 Å². The number of amides is 3. The van der Waals surface area contributed by atoms with Gasteiger partial charge in [0.2, 0.25) is 5.91 Å². The first kappa shape index (κ1) is 20.5. The van der Waals surface area contributed by atoms with Crippen molar-refractivity contribution in [1.82, 2.24) is 15.5 Å². The highest BCUT2D eigenvalue weighted by atomic mass is 16.5. The van der Waals surface area contributed by atoms with Gasteiger partial charge in [-0.2, -0.15) is 0 Å². The number of carbonyl (C=O) groups is 3. The van der Waals surface area contributed by atoms with E-state index in [2.05, 4.69) is 10.6 Å². The van der Waals surface area contributed by atoms with Crippen molar-refractivity contribution < 1.29 is 19.1 Å². The topological polar surface area (TPSA) is 87.7 Å². The zero-order chi connectivity index (χ0) is 20.6. The normalized spacial score (nSPS) is 17.3. The Balaban J connectivity index is 1.47. The molecule has 2 unspecified atom stereocenters. The van der Waals surface area contributed by atoms with Crippen LogP contribution in [0.3, 0.4) is 0 Å². The number of carbonyl (C=O) groups excluding carboxylic acids is 3. The van der Waals surface area contributed by atoms with Crippen LogP contribution in [0.25, 0.3) is 0 Å². The summed E-state index contributed by atoms with van der Waals surface area (Å²) < 4.78 is 5.75. The predicted octanol–water partition coefficient (Wildman–Crippen LogP) is 1.58. The number of ether oxygens (including phenoxy) is 1. The third kappa shape index (κ3) is 5.65. The molecular weight excluding hydrogens is 370 g/mol. The van der Waals surface area contributed by atoms with Crippen molar-refractivity contribution in [2.75, 3.05) is 26.2 Å². The number of hydrogen-bond donors (Lipinski definition) is 2. The first-order chi connectivity index (χ1) is 14.0. The second kappa shape index (κ2) is 9.84. The van der Waals surface area contributed by atoms with E-state index in [0.29, 0.717) is 19.7 Å². The van der Waals surface area contributed by atoms with Gasteiger partial charge in [0.1, 0.15) is 6.10 Å². The minimum absolute atomic E-state index is 0.195. The van der Waals surface area contributed by atoms with Crippen molar-refractivity contribution in [3.63, 3.8) is 0 Å². The van der Waals surface area contributed by atoms with E-state index < -0.39 is 11.8 Å². The standard InChI is InChI=1S/C22H25N3O4/c1-16(17-8-4-2-5-9-17)24-22(28)21(27)23-14-20(26)25-12-13-29-19(15-25)18-10-6-3-7-11-18/h2-11,16,19H,12-15H2,1H3,(H,23,27)(H,24,28). The lowest BCUT2D eigenvalue weighted by molar-refractivity contribution is -0.142. The van der Waals surface area contributed by atoms with Crippen LogP contribution in [0.15, 0.2) is 60.7 Å². The van der Waals surface area contributed by atoms with Gasteiger partial charge in [-0.3, -0.25) is 14.4 Å². The molecule has 0 aliphatic carbocycles. The lowest BCUT2D eigenvalue weighted by atomic mass is 10.1. The summed E-state index contributed by atoms with van der Waals surface area (Å²) in [6.07, 6.45) is -0.195. The number of nitrogens with zero attached hydrogens (tertiary/aromatic N) is 1. The molecule has 0 bridgehead atoms. The molecule has 3 rings (SSSR count). The molecule has 0 radical (unpaired) electrons. The Bertz CT molecular complexity index is 842. The molecule has 3 amide bonds. The van der Waals surface area contributed by atoms with Crippen molar-refractivity contribution in [3.8, 4) is 0 Å². The third-order valence-electron chi connectivity index (χ3n) is 4.84. The highest BCUT2D eigenvalue weighted by Crippen LogP contribution is 2.21. The first-order valence-corrected chi connectivity index (χ1v) is 9.62. The molecule has 1 saturated heterocycles. The Labute approximate surface area is 170 Å². The third-order valence-corrected chi connectivity index (χ3v) is 4.84. The summed E-state index contributed by atoms with van der Waals surface area (Å²) in [5, 5.41) is 5.04. The Morgan fingerprint density at radius 2 is 1.69 bits per heavy atom. The summed E-state index contributed by atoms with van der Waals surface area (Å²) >= 11 is 0. The molecule has 1 fully saturated rings. The molecule has 0 saturated carbocycles. The van der Waals surface area contributed by atoms with E-state index in [0.717, 1.165) is 11.1 Å². The Hall–Kier alpha value is -3.19. The van der Waals surface area contributed by atoms with Crippen LogP contribution in [-0.4, -0.2) is 48.9 Å². The zero-order valence-electron chi connectivity index (χ0n) is 16.3. The van der Waals surface area contributed by atoms with Gasteiger partial charge in [-0.25, -0.2) is 0 Å². The van der Waals surface area contributed by atoms with Crippen LogP contribution >= 0.6 is 0 Å². The van der Waals surface area contributed by atoms with Crippen LogP contribution in [0.5, 0.6) is 0 Å². The smallest absolute Gasteiger partial charge is 0.309 e. The minimum atomic E-state index is -0.825. The maximum atomic E-state index is 12.5. The van der Waals surface area contributed by atoms with E-state index in [1.165, 1.54) is 0 Å². The Morgan fingerprint density at radius 1 is 1.03 bits per heavy atom. The number of morpholine rings is 1. The minimum Gasteiger partial charge on any atom is -0.370 e. The molecule has 2 aromatic rings. The second-order valence-electron chi connectivity index (χ2n) is 6.90. The summed E-state index contributed by atoms with van der Waals surface area (Å²) in [5.41, 5.74) is 1.90. The van der Waals surface area contributed by atoms with Gasteiger partial charge in [0.15, 0.2) is 0 Å². The maximum absolute atomic E-state index is 12.5. The van der Waals surface area contributed by atoms with Gasteiger partial charge < -0.3 is 20.3 Å². The van der Waals surface area contributed by atoms with Gasteiger partial charge in [0.05, 0.1) is 25.7 Å². The summed E-state index contributed by atoms with van der Waals surface area (Å²) in [4.78, 5) is 38.3. The monoisotopic (exact) mass is 395 g/mol. The van der Waals surface area contributed by atoms with Gasteiger partial charge in [-0.1, -0.05) is 60.7 Å². The Kier molecular flexibility index (Phi) is 6.97. The fourth-order valence-corrected chi connectivity index (χ4v) is 3.18. The highest BCUT2D eigenvalue weighted by molar-refractivity contribution is 6.35. The molecule has 7 nitrogen and oxygen atoms in total. The van der Waals surface area contributed by atoms with Crippen LogP contribution in [0.2, 0.25) is 0 Å². The maximum Gasteiger partial charge on any atom is 0.309 e. The number of hydrogen-bond acceptors (Lipinski definition) is 4. The predicted molar refractivity (Wildman–Crippen MR) is 108 cm³/mol. The molecule has 1 aliphatic heterocycles. The first-order valence-electron chi connectivity index (χ1n) is 9.62. The van der Waals surface area contributed by atoms with Gasteiger partial charge in [-0.05, 0) is 18.1 Å². The molecule has 2 N–H and O–H groups in total. The van der Waals surface area contributed by atoms with E-state index in [4.69, 9.17) is 4.74 Å². The lowest BCUT2D eigenvalue weighted by Crippen LogP contribution is -2.49. The van der Waals surface area contributed by atoms with E-state index in [1.807, 2.05) is 60.7 Å². The zero-order valence-corrected chi connectivity index (χ0v) is 16.3. The van der Waals surface area contributed by atoms with Gasteiger partial charge in [-0.15, -0.1) is 0 Å².